The Hall–Kier alpha value is -6.70. The molecule has 4 saturated heterocycles. The summed E-state index contributed by atoms with van der Waals surface area (Å²) in [4.78, 5) is 69.1. The zero-order valence-electron chi connectivity index (χ0n) is 56.2. The van der Waals surface area contributed by atoms with E-state index in [0.29, 0.717) is 60.4 Å². The van der Waals surface area contributed by atoms with Crippen molar-refractivity contribution in [2.45, 2.75) is 253 Å². The third-order valence-electron chi connectivity index (χ3n) is 16.8. The first-order chi connectivity index (χ1) is 40.6. The SMILES string of the molecule is C.C.C.C=C1C=NC=CN1C(C)C.C=C1CCC(CCC)CN1C(C)C.C=C1N(C(C)C)CC1(C)C.CC(C)N1C(=O)CCc2ccccc21.CC(C)N1CC(c2ccccn2)CCC1=O.CC(C)N1CCCNC1=O.CC(C)N1Cc2ccccc2C1=O. The average Bonchev–Trinajstić information content (AvgIpc) is 2.54. The number of hydrogen-bond acceptors (Lipinski definition) is 9. The zero-order chi connectivity index (χ0) is 64.0. The Morgan fingerprint density at radius 1 is 0.618 bits per heavy atom. The maximum absolute atomic E-state index is 11.8. The molecule has 1 N–H and O–H groups in total. The summed E-state index contributed by atoms with van der Waals surface area (Å²) in [6.07, 6.45) is 16.8. The molecular weight excluding hydrogens is 1100 g/mol. The molecule has 10 rings (SSSR count). The molecule has 2 aromatic carbocycles. The Morgan fingerprint density at radius 2 is 1.21 bits per heavy atom. The number of allylic oxidation sites excluding steroid dienone is 2. The highest BCUT2D eigenvalue weighted by Crippen LogP contribution is 2.40. The van der Waals surface area contributed by atoms with Crippen LogP contribution in [0.2, 0.25) is 0 Å². The lowest BCUT2D eigenvalue weighted by molar-refractivity contribution is -0.135. The number of likely N-dealkylation sites (tertiary alicyclic amines) is 3. The molecule has 0 aliphatic carbocycles. The molecule has 89 heavy (non-hydrogen) atoms. The standard InChI is InChI=1S/C13H18N2O.C12H15NO.C12H23N.C11H13NO.C9H17N.C8H12N2.C7H14N2O.3CH4/c1-10(2)15-9-11(6-7-13(15)16)12-5-3-4-8-14-12;1-9(2)13-11-6-4-3-5-10(11)7-8-12(13)14;1-5-6-12-8-7-11(4)13(9-12)10(2)3;1-8(2)12-7-9-5-3-4-6-10(9)11(12)13;1-7(2)10-6-9(4,5)8(10)3;1-7(2)10-5-4-9-6-8(10)3;1-6(2)9-5-3-4-8-7(9)10;;;/h3-5,8,10-11H,6-7,9H2,1-2H3;3-6,9H,7-8H2,1-2H3;10,12H,4-9H2,1-3H3;3-6,8H,7H2,1-2H3;7H,3,6H2,1-2,4-5H3;4-7H,3H2,1-2H3;6H,3-5H2,1-2H3,(H,8,10);3*1H4. The highest BCUT2D eigenvalue weighted by molar-refractivity contribution is 5.98. The largest absolute Gasteiger partial charge is 0.373 e. The number of aliphatic imine (C=N–C) groups is 1. The number of urea groups is 1. The van der Waals surface area contributed by atoms with Crippen LogP contribution in [0.3, 0.4) is 0 Å². The number of rotatable bonds is 10. The van der Waals surface area contributed by atoms with Crippen LogP contribution in [-0.2, 0) is 22.6 Å². The van der Waals surface area contributed by atoms with Gasteiger partial charge in [-0.3, -0.25) is 24.4 Å². The van der Waals surface area contributed by atoms with Crippen molar-refractivity contribution < 1.29 is 19.2 Å². The Labute approximate surface area is 543 Å². The first-order valence-electron chi connectivity index (χ1n) is 32.2. The molecule has 2 atom stereocenters. The van der Waals surface area contributed by atoms with Crippen LogP contribution in [0.15, 0.2) is 127 Å². The molecule has 498 valence electrons. The number of nitrogens with one attached hydrogen (secondary N) is 1. The molecule has 8 heterocycles. The van der Waals surface area contributed by atoms with Crippen LogP contribution in [0.4, 0.5) is 10.5 Å². The average molecular weight is 1230 g/mol. The van der Waals surface area contributed by atoms with E-state index in [1.165, 1.54) is 55.7 Å². The number of amides is 5. The first-order valence-corrected chi connectivity index (χ1v) is 32.2. The van der Waals surface area contributed by atoms with Crippen LogP contribution in [0.1, 0.15) is 224 Å². The summed E-state index contributed by atoms with van der Waals surface area (Å²) in [5, 5.41) is 2.80. The smallest absolute Gasteiger partial charge is 0.317 e. The number of benzene rings is 2. The predicted molar refractivity (Wildman–Crippen MR) is 379 cm³/mol. The first kappa shape index (κ1) is 80.3. The van der Waals surface area contributed by atoms with Crippen molar-refractivity contribution in [3.63, 3.8) is 0 Å². The summed E-state index contributed by atoms with van der Waals surface area (Å²) < 4.78 is 0. The van der Waals surface area contributed by atoms with E-state index in [-0.39, 0.29) is 52.1 Å². The Bertz CT molecular complexity index is 2730. The van der Waals surface area contributed by atoms with Gasteiger partial charge in [-0.05, 0) is 177 Å². The van der Waals surface area contributed by atoms with Crippen LogP contribution in [0.25, 0.3) is 0 Å². The number of nitrogens with zero attached hydrogens (tertiary/aromatic N) is 9. The van der Waals surface area contributed by atoms with E-state index in [9.17, 15) is 19.2 Å². The minimum Gasteiger partial charge on any atom is -0.373 e. The van der Waals surface area contributed by atoms with Crippen molar-refractivity contribution in [3.05, 3.63) is 145 Å². The molecule has 1 aromatic heterocycles. The van der Waals surface area contributed by atoms with Crippen molar-refractivity contribution in [1.82, 2.24) is 39.7 Å². The highest BCUT2D eigenvalue weighted by Gasteiger charge is 2.39. The van der Waals surface area contributed by atoms with Crippen molar-refractivity contribution in [1.29, 1.82) is 0 Å². The van der Waals surface area contributed by atoms with Crippen molar-refractivity contribution in [2.24, 2.45) is 16.3 Å². The molecule has 2 unspecified atom stereocenters. The summed E-state index contributed by atoms with van der Waals surface area (Å²) in [7, 11) is 0. The Kier molecular flexibility index (Phi) is 35.0. The van der Waals surface area contributed by atoms with Crippen LogP contribution in [0, 0.1) is 11.3 Å². The fourth-order valence-corrected chi connectivity index (χ4v) is 11.6. The molecule has 7 aliphatic rings. The third-order valence-corrected chi connectivity index (χ3v) is 16.8. The molecule has 0 saturated carbocycles. The fourth-order valence-electron chi connectivity index (χ4n) is 11.6. The molecule has 3 aromatic rings. The highest BCUT2D eigenvalue weighted by atomic mass is 16.2. The van der Waals surface area contributed by atoms with Crippen molar-refractivity contribution >= 4 is 35.7 Å². The molecule has 14 heteroatoms. The van der Waals surface area contributed by atoms with Crippen LogP contribution in [-0.4, -0.2) is 139 Å². The molecule has 7 aliphatic heterocycles. The van der Waals surface area contributed by atoms with Crippen LogP contribution in [0.5, 0.6) is 0 Å². The van der Waals surface area contributed by atoms with Gasteiger partial charge in [0.15, 0.2) is 0 Å². The summed E-state index contributed by atoms with van der Waals surface area (Å²) in [5.41, 5.74) is 9.49. The Morgan fingerprint density at radius 3 is 1.70 bits per heavy atom. The second-order valence-corrected chi connectivity index (χ2v) is 26.3. The number of fused-ring (bicyclic) bond motifs is 2. The van der Waals surface area contributed by atoms with Crippen molar-refractivity contribution in [3.8, 4) is 0 Å². The lowest BCUT2D eigenvalue weighted by atomic mass is 9.79. The van der Waals surface area contributed by atoms with Gasteiger partial charge in [-0.2, -0.15) is 0 Å². The number of carbonyl (C=O) groups is 4. The van der Waals surface area contributed by atoms with E-state index in [2.05, 4.69) is 152 Å². The van der Waals surface area contributed by atoms with Crippen LogP contribution < -0.4 is 10.2 Å². The van der Waals surface area contributed by atoms with E-state index in [1.807, 2.05) is 114 Å². The van der Waals surface area contributed by atoms with Gasteiger partial charge in [0.1, 0.15) is 0 Å². The molecular formula is C75H124N10O4. The van der Waals surface area contributed by atoms with Gasteiger partial charge in [-0.25, -0.2) is 4.79 Å². The van der Waals surface area contributed by atoms with Gasteiger partial charge in [0.25, 0.3) is 5.91 Å². The summed E-state index contributed by atoms with van der Waals surface area (Å²) >= 11 is 0. The molecule has 14 nitrogen and oxygen atoms in total. The molecule has 4 fully saturated rings. The van der Waals surface area contributed by atoms with Gasteiger partial charge in [0.05, 0.1) is 5.70 Å². The lowest BCUT2D eigenvalue weighted by Gasteiger charge is -2.52. The maximum atomic E-state index is 11.8. The van der Waals surface area contributed by atoms with Gasteiger partial charge in [0, 0.05) is 159 Å². The summed E-state index contributed by atoms with van der Waals surface area (Å²) in [5.74, 6) is 2.02. The third kappa shape index (κ3) is 23.9. The monoisotopic (exact) mass is 1230 g/mol. The van der Waals surface area contributed by atoms with E-state index >= 15 is 0 Å². The minimum atomic E-state index is 0. The number of aromatic nitrogens is 1. The number of carbonyl (C=O) groups excluding carboxylic acids is 4. The van der Waals surface area contributed by atoms with Gasteiger partial charge < -0.3 is 39.6 Å². The summed E-state index contributed by atoms with van der Waals surface area (Å²) in [6, 6.07) is 25.0. The van der Waals surface area contributed by atoms with E-state index in [1.54, 1.807) is 12.4 Å². The maximum Gasteiger partial charge on any atom is 0.317 e. The second-order valence-electron chi connectivity index (χ2n) is 26.3. The summed E-state index contributed by atoms with van der Waals surface area (Å²) in [6.45, 7) is 54.1. The molecule has 0 spiro atoms. The number of pyridine rings is 1. The molecule has 0 bridgehead atoms. The van der Waals surface area contributed by atoms with E-state index < -0.39 is 0 Å². The number of hydrogen-bond donors (Lipinski definition) is 1. The van der Waals surface area contributed by atoms with E-state index in [4.69, 9.17) is 0 Å². The number of aryl methyl sites for hydroxylation is 1. The Balaban J connectivity index is 0.000000520. The van der Waals surface area contributed by atoms with Gasteiger partial charge in [-0.15, -0.1) is 0 Å². The molecule has 0 radical (unpaired) electrons. The molecule has 5 amide bonds. The topological polar surface area (TPSA) is 128 Å². The van der Waals surface area contributed by atoms with Gasteiger partial charge >= 0.3 is 6.03 Å². The number of anilines is 1. The van der Waals surface area contributed by atoms with Crippen molar-refractivity contribution in [2.75, 3.05) is 37.6 Å². The second kappa shape index (κ2) is 38.8. The minimum absolute atomic E-state index is 0. The van der Waals surface area contributed by atoms with E-state index in [0.717, 1.165) is 79.6 Å². The lowest BCUT2D eigenvalue weighted by Crippen LogP contribution is -2.52. The van der Waals surface area contributed by atoms with Gasteiger partial charge in [0.2, 0.25) is 11.8 Å². The quantitative estimate of drug-likeness (QED) is 0.213. The normalized spacial score (nSPS) is 18.9. The number of para-hydroxylation sites is 1. The van der Waals surface area contributed by atoms with Crippen LogP contribution >= 0.6 is 0 Å². The number of piperidine rings is 2. The van der Waals surface area contributed by atoms with Gasteiger partial charge in [-0.1, -0.05) is 112 Å². The fraction of sp³-hybridized carbons (Fsp3) is 0.600. The zero-order valence-corrected chi connectivity index (χ0v) is 56.2. The predicted octanol–water partition coefficient (Wildman–Crippen LogP) is 16.8.